The van der Waals surface area contributed by atoms with Crippen LogP contribution in [0, 0.1) is 0 Å². The van der Waals surface area contributed by atoms with Crippen molar-refractivity contribution in [3.63, 3.8) is 0 Å². The second kappa shape index (κ2) is 4.40. The average molecular weight is 238 g/mol. The van der Waals surface area contributed by atoms with Crippen molar-refractivity contribution >= 4 is 28.1 Å². The van der Waals surface area contributed by atoms with Crippen LogP contribution in [-0.2, 0) is 6.54 Å². The van der Waals surface area contributed by atoms with Gasteiger partial charge in [-0.15, -0.1) is 0 Å². The predicted molar refractivity (Wildman–Crippen MR) is 62.2 cm³/mol. The van der Waals surface area contributed by atoms with Crippen LogP contribution in [0.2, 0.25) is 0 Å². The van der Waals surface area contributed by atoms with Crippen LogP contribution in [0.25, 0.3) is 12.2 Å². The number of hydrogen-bond donors (Lipinski definition) is 1. The van der Waals surface area contributed by atoms with E-state index in [2.05, 4.69) is 29.1 Å². The van der Waals surface area contributed by atoms with Gasteiger partial charge in [-0.2, -0.15) is 0 Å². The molecule has 0 unspecified atom stereocenters. The lowest BCUT2D eigenvalue weighted by Crippen LogP contribution is -2.00. The summed E-state index contributed by atoms with van der Waals surface area (Å²) in [4.78, 5) is 0. The fraction of sp³-hybridized carbons (Fsp3) is 0.0909. The van der Waals surface area contributed by atoms with Gasteiger partial charge in [-0.05, 0) is 22.8 Å². The Balaban J connectivity index is 3.44. The van der Waals surface area contributed by atoms with Gasteiger partial charge in [0.1, 0.15) is 0 Å². The molecule has 1 rings (SSSR count). The van der Waals surface area contributed by atoms with Gasteiger partial charge in [-0.3, -0.25) is 0 Å². The Labute approximate surface area is 87.1 Å². The zero-order valence-electron chi connectivity index (χ0n) is 7.39. The summed E-state index contributed by atoms with van der Waals surface area (Å²) in [7, 11) is 0. The number of halogens is 1. The maximum Gasteiger partial charge on any atom is 0.0253 e. The van der Waals surface area contributed by atoms with Gasteiger partial charge in [0.2, 0.25) is 0 Å². The summed E-state index contributed by atoms with van der Waals surface area (Å²) >= 11 is 3.45. The van der Waals surface area contributed by atoms with Crippen LogP contribution >= 0.6 is 15.9 Å². The van der Waals surface area contributed by atoms with Crippen LogP contribution in [0.5, 0.6) is 0 Å². The summed E-state index contributed by atoms with van der Waals surface area (Å²) in [5.41, 5.74) is 8.81. The molecule has 0 saturated heterocycles. The fourth-order valence-corrected chi connectivity index (χ4v) is 1.79. The van der Waals surface area contributed by atoms with Gasteiger partial charge in [0.15, 0.2) is 0 Å². The van der Waals surface area contributed by atoms with Crippen molar-refractivity contribution in [1.29, 1.82) is 0 Å². The van der Waals surface area contributed by atoms with Gasteiger partial charge < -0.3 is 5.73 Å². The molecule has 0 atom stereocenters. The highest BCUT2D eigenvalue weighted by molar-refractivity contribution is 9.10. The molecule has 0 heterocycles. The van der Waals surface area contributed by atoms with E-state index in [4.69, 9.17) is 5.73 Å². The third-order valence-electron chi connectivity index (χ3n) is 1.95. The highest BCUT2D eigenvalue weighted by Crippen LogP contribution is 2.25. The van der Waals surface area contributed by atoms with E-state index in [1.54, 1.807) is 6.08 Å². The molecule has 0 saturated carbocycles. The number of hydrogen-bond acceptors (Lipinski definition) is 1. The SMILES string of the molecule is C=Cc1c(Br)ccc(CN)c1C=C. The van der Waals surface area contributed by atoms with Crippen molar-refractivity contribution in [3.05, 3.63) is 46.5 Å². The van der Waals surface area contributed by atoms with Crippen molar-refractivity contribution in [2.45, 2.75) is 6.54 Å². The topological polar surface area (TPSA) is 26.0 Å². The van der Waals surface area contributed by atoms with Gasteiger partial charge in [-0.25, -0.2) is 0 Å². The second-order valence-electron chi connectivity index (χ2n) is 2.65. The zero-order valence-corrected chi connectivity index (χ0v) is 8.97. The van der Waals surface area contributed by atoms with Crippen molar-refractivity contribution in [1.82, 2.24) is 0 Å². The average Bonchev–Trinajstić information content (AvgIpc) is 2.17. The Kier molecular flexibility index (Phi) is 3.46. The van der Waals surface area contributed by atoms with Gasteiger partial charge >= 0.3 is 0 Å². The molecule has 13 heavy (non-hydrogen) atoms. The standard InChI is InChI=1S/C11H12BrN/c1-3-9-8(7-13)5-6-11(12)10(9)4-2/h3-6H,1-2,7,13H2. The third-order valence-corrected chi connectivity index (χ3v) is 2.64. The minimum Gasteiger partial charge on any atom is -0.326 e. The van der Waals surface area contributed by atoms with Crippen LogP contribution in [0.15, 0.2) is 29.8 Å². The second-order valence-corrected chi connectivity index (χ2v) is 3.50. The lowest BCUT2D eigenvalue weighted by molar-refractivity contribution is 1.06. The normalized spacial score (nSPS) is 9.69. The Bertz CT molecular complexity index is 342. The van der Waals surface area contributed by atoms with Gasteiger partial charge in [0.05, 0.1) is 0 Å². The first kappa shape index (κ1) is 10.2. The van der Waals surface area contributed by atoms with Crippen LogP contribution in [0.1, 0.15) is 16.7 Å². The summed E-state index contributed by atoms with van der Waals surface area (Å²) in [6, 6.07) is 3.97. The van der Waals surface area contributed by atoms with Gasteiger partial charge in [0.25, 0.3) is 0 Å². The van der Waals surface area contributed by atoms with E-state index in [9.17, 15) is 0 Å². The minimum atomic E-state index is 0.523. The lowest BCUT2D eigenvalue weighted by atomic mass is 10.0. The molecular formula is C11H12BrN. The van der Waals surface area contributed by atoms with E-state index in [0.717, 1.165) is 21.2 Å². The molecular weight excluding hydrogens is 226 g/mol. The molecule has 2 heteroatoms. The summed E-state index contributed by atoms with van der Waals surface area (Å²) in [6.45, 7) is 8.05. The molecule has 1 aromatic carbocycles. The Morgan fingerprint density at radius 1 is 1.23 bits per heavy atom. The largest absolute Gasteiger partial charge is 0.326 e. The molecule has 68 valence electrons. The lowest BCUT2D eigenvalue weighted by Gasteiger charge is -2.09. The predicted octanol–water partition coefficient (Wildman–Crippen LogP) is 3.19. The molecule has 0 aliphatic rings. The molecule has 0 aromatic heterocycles. The fourth-order valence-electron chi connectivity index (χ4n) is 1.28. The molecule has 0 aliphatic heterocycles. The number of benzene rings is 1. The van der Waals surface area contributed by atoms with E-state index in [1.165, 1.54) is 0 Å². The molecule has 0 spiro atoms. The van der Waals surface area contributed by atoms with Crippen molar-refractivity contribution in [2.75, 3.05) is 0 Å². The third kappa shape index (κ3) is 1.90. The molecule has 0 aliphatic carbocycles. The maximum absolute atomic E-state index is 5.60. The van der Waals surface area contributed by atoms with Gasteiger partial charge in [-0.1, -0.05) is 47.3 Å². The smallest absolute Gasteiger partial charge is 0.0253 e. The molecule has 0 amide bonds. The highest BCUT2D eigenvalue weighted by Gasteiger charge is 2.05. The van der Waals surface area contributed by atoms with Crippen molar-refractivity contribution < 1.29 is 0 Å². The van der Waals surface area contributed by atoms with Crippen molar-refractivity contribution in [3.8, 4) is 0 Å². The van der Waals surface area contributed by atoms with E-state index in [1.807, 2.05) is 18.2 Å². The Morgan fingerprint density at radius 3 is 2.31 bits per heavy atom. The number of nitrogens with two attached hydrogens (primary N) is 1. The first-order valence-corrected chi connectivity index (χ1v) is 4.80. The van der Waals surface area contributed by atoms with Gasteiger partial charge in [0, 0.05) is 11.0 Å². The Hall–Kier alpha value is -0.860. The quantitative estimate of drug-likeness (QED) is 0.859. The van der Waals surface area contributed by atoms with Crippen molar-refractivity contribution in [2.24, 2.45) is 5.73 Å². The Morgan fingerprint density at radius 2 is 1.85 bits per heavy atom. The summed E-state index contributed by atoms with van der Waals surface area (Å²) in [6.07, 6.45) is 3.62. The van der Waals surface area contributed by atoms with Crippen LogP contribution in [0.4, 0.5) is 0 Å². The van der Waals surface area contributed by atoms with Crippen LogP contribution in [-0.4, -0.2) is 0 Å². The highest BCUT2D eigenvalue weighted by atomic mass is 79.9. The molecule has 1 aromatic rings. The van der Waals surface area contributed by atoms with Crippen LogP contribution in [0.3, 0.4) is 0 Å². The van der Waals surface area contributed by atoms with E-state index in [-0.39, 0.29) is 0 Å². The summed E-state index contributed by atoms with van der Waals surface area (Å²) in [5, 5.41) is 0. The molecule has 2 N–H and O–H groups in total. The minimum absolute atomic E-state index is 0.523. The molecule has 1 nitrogen and oxygen atoms in total. The molecule has 0 bridgehead atoms. The first-order valence-electron chi connectivity index (χ1n) is 4.01. The summed E-state index contributed by atoms with van der Waals surface area (Å²) in [5.74, 6) is 0. The monoisotopic (exact) mass is 237 g/mol. The maximum atomic E-state index is 5.60. The van der Waals surface area contributed by atoms with E-state index >= 15 is 0 Å². The zero-order chi connectivity index (χ0) is 9.84. The number of rotatable bonds is 3. The van der Waals surface area contributed by atoms with E-state index < -0.39 is 0 Å². The van der Waals surface area contributed by atoms with Crippen LogP contribution < -0.4 is 5.73 Å². The van der Waals surface area contributed by atoms with E-state index in [0.29, 0.717) is 6.54 Å². The first-order chi connectivity index (χ1) is 6.24. The molecule has 0 radical (unpaired) electrons. The summed E-state index contributed by atoms with van der Waals surface area (Å²) < 4.78 is 1.02. The molecule has 0 fully saturated rings.